The number of hydrazine groups is 1. The number of nitrogens with one attached hydrogen (secondary N) is 3. The molecule has 2 unspecified atom stereocenters. The molecule has 0 saturated carbocycles. The first-order valence-corrected chi connectivity index (χ1v) is 5.40. The number of aromatic nitrogens is 1. The first kappa shape index (κ1) is 10.3. The molecule has 1 aliphatic rings. The largest absolute Gasteiger partial charge is 0.279 e. The minimum atomic E-state index is -0.559. The van der Waals surface area contributed by atoms with Gasteiger partial charge in [0.05, 0.1) is 5.01 Å². The molecule has 8 heteroatoms. The minimum absolute atomic E-state index is 0.189. The maximum Gasteiger partial charge on any atom is 0.190 e. The van der Waals surface area contributed by atoms with Crippen LogP contribution in [0.25, 0.3) is 0 Å². The fourth-order valence-electron chi connectivity index (χ4n) is 1.50. The quantitative estimate of drug-likeness (QED) is 0.467. The topological polar surface area (TPSA) is 92.1 Å². The van der Waals surface area contributed by atoms with E-state index in [1.807, 2.05) is 5.38 Å². The van der Waals surface area contributed by atoms with Crippen molar-refractivity contribution in [2.24, 2.45) is 0 Å². The second-order valence-electron chi connectivity index (χ2n) is 3.22. The third kappa shape index (κ3) is 2.85. The Morgan fingerprint density at radius 3 is 3.33 bits per heavy atom. The number of rotatable bonds is 4. The van der Waals surface area contributed by atoms with E-state index in [0.717, 1.165) is 11.4 Å². The van der Waals surface area contributed by atoms with Gasteiger partial charge in [0.15, 0.2) is 11.3 Å². The lowest BCUT2D eigenvalue weighted by molar-refractivity contribution is -0.552. The van der Waals surface area contributed by atoms with Crippen molar-refractivity contribution >= 4 is 11.3 Å². The van der Waals surface area contributed by atoms with Crippen LogP contribution in [0, 0.1) is 10.1 Å². The van der Waals surface area contributed by atoms with E-state index in [4.69, 9.17) is 0 Å². The molecule has 0 radical (unpaired) electrons. The van der Waals surface area contributed by atoms with Gasteiger partial charge in [-0.2, -0.15) is 0 Å². The van der Waals surface area contributed by atoms with Gasteiger partial charge in [0.25, 0.3) is 0 Å². The van der Waals surface area contributed by atoms with E-state index < -0.39 is 11.3 Å². The van der Waals surface area contributed by atoms with E-state index in [-0.39, 0.29) is 6.04 Å². The highest BCUT2D eigenvalue weighted by Crippen LogP contribution is 2.08. The van der Waals surface area contributed by atoms with Crippen LogP contribution in [0.4, 0.5) is 0 Å². The molecule has 1 saturated heterocycles. The molecule has 7 nitrogen and oxygen atoms in total. The molecule has 82 valence electrons. The highest BCUT2D eigenvalue weighted by atomic mass is 32.1. The maximum atomic E-state index is 10.2. The Morgan fingerprint density at radius 2 is 2.67 bits per heavy atom. The van der Waals surface area contributed by atoms with Crippen LogP contribution in [0.15, 0.2) is 11.6 Å². The second kappa shape index (κ2) is 4.51. The average Bonchev–Trinajstić information content (AvgIpc) is 2.77. The van der Waals surface area contributed by atoms with Gasteiger partial charge >= 0.3 is 0 Å². The average molecular weight is 229 g/mol. The van der Waals surface area contributed by atoms with Crippen molar-refractivity contribution in [3.8, 4) is 0 Å². The van der Waals surface area contributed by atoms with Crippen molar-refractivity contribution in [1.82, 2.24) is 21.0 Å². The molecule has 0 aromatic carbocycles. The molecule has 15 heavy (non-hydrogen) atoms. The standard InChI is InChI=1S/C7H11N5O2S/c13-12(14)11-7-9-4-5(10-7)3-6-8-1-2-15-6/h1-2,5,7,9-11H,3-4H2. The van der Waals surface area contributed by atoms with Gasteiger partial charge in [-0.05, 0) is 0 Å². The summed E-state index contributed by atoms with van der Waals surface area (Å²) in [5.74, 6) is 0. The fraction of sp³-hybridized carbons (Fsp3) is 0.571. The van der Waals surface area contributed by atoms with Crippen molar-refractivity contribution in [2.45, 2.75) is 18.8 Å². The van der Waals surface area contributed by atoms with Crippen LogP contribution in [-0.2, 0) is 6.42 Å². The predicted octanol–water partition coefficient (Wildman–Crippen LogP) is -0.688. The third-order valence-corrected chi connectivity index (χ3v) is 2.91. The molecule has 3 N–H and O–H groups in total. The number of hydrogen-bond donors (Lipinski definition) is 3. The van der Waals surface area contributed by atoms with Gasteiger partial charge in [0.2, 0.25) is 0 Å². The van der Waals surface area contributed by atoms with E-state index in [0.29, 0.717) is 6.54 Å². The van der Waals surface area contributed by atoms with E-state index in [1.54, 1.807) is 17.5 Å². The van der Waals surface area contributed by atoms with Crippen LogP contribution in [0.1, 0.15) is 5.01 Å². The maximum absolute atomic E-state index is 10.2. The summed E-state index contributed by atoms with van der Waals surface area (Å²) in [6.07, 6.45) is 2.10. The minimum Gasteiger partial charge on any atom is -0.279 e. The SMILES string of the molecule is O=[N+]([O-])NC1NCC(Cc2nccs2)N1. The Labute approximate surface area is 90.0 Å². The van der Waals surface area contributed by atoms with Crippen molar-refractivity contribution < 1.29 is 5.03 Å². The Balaban J connectivity index is 1.80. The molecule has 0 bridgehead atoms. The summed E-state index contributed by atoms with van der Waals surface area (Å²) in [6, 6.07) is 0.189. The van der Waals surface area contributed by atoms with Gasteiger partial charge in [-0.3, -0.25) is 10.6 Å². The van der Waals surface area contributed by atoms with Crippen LogP contribution >= 0.6 is 11.3 Å². The van der Waals surface area contributed by atoms with Crippen LogP contribution in [-0.4, -0.2) is 28.9 Å². The number of nitrogens with zero attached hydrogens (tertiary/aromatic N) is 2. The van der Waals surface area contributed by atoms with Gasteiger partial charge in [-0.15, -0.1) is 16.8 Å². The fourth-order valence-corrected chi connectivity index (χ4v) is 2.20. The summed E-state index contributed by atoms with van der Waals surface area (Å²) in [5, 5.41) is 18.6. The van der Waals surface area contributed by atoms with E-state index in [2.05, 4.69) is 21.0 Å². The van der Waals surface area contributed by atoms with Crippen molar-refractivity contribution in [2.75, 3.05) is 6.54 Å². The van der Waals surface area contributed by atoms with Crippen LogP contribution < -0.4 is 16.1 Å². The molecular weight excluding hydrogens is 218 g/mol. The lowest BCUT2D eigenvalue weighted by Gasteiger charge is -2.09. The Hall–Kier alpha value is -1.25. The summed E-state index contributed by atoms with van der Waals surface area (Å²) in [7, 11) is 0. The zero-order chi connectivity index (χ0) is 10.7. The molecule has 0 aliphatic carbocycles. The summed E-state index contributed by atoms with van der Waals surface area (Å²) in [5.41, 5.74) is 2.13. The number of hydrogen-bond acceptors (Lipinski definition) is 6. The summed E-state index contributed by atoms with van der Waals surface area (Å²) in [4.78, 5) is 14.3. The number of nitro groups is 1. The molecule has 1 aliphatic heterocycles. The highest BCUT2D eigenvalue weighted by molar-refractivity contribution is 7.09. The Kier molecular flexibility index (Phi) is 3.09. The first-order valence-electron chi connectivity index (χ1n) is 4.52. The van der Waals surface area contributed by atoms with Crippen LogP contribution in [0.2, 0.25) is 0 Å². The zero-order valence-electron chi connectivity index (χ0n) is 7.84. The van der Waals surface area contributed by atoms with Crippen molar-refractivity contribution in [3.05, 3.63) is 26.7 Å². The van der Waals surface area contributed by atoms with Crippen molar-refractivity contribution in [1.29, 1.82) is 0 Å². The predicted molar refractivity (Wildman–Crippen MR) is 54.7 cm³/mol. The lowest BCUT2D eigenvalue weighted by Crippen LogP contribution is -2.49. The monoisotopic (exact) mass is 229 g/mol. The zero-order valence-corrected chi connectivity index (χ0v) is 8.66. The van der Waals surface area contributed by atoms with Gasteiger partial charge in [0.1, 0.15) is 0 Å². The Morgan fingerprint density at radius 1 is 1.80 bits per heavy atom. The molecule has 0 spiro atoms. The molecule has 1 aromatic rings. The van der Waals surface area contributed by atoms with Crippen molar-refractivity contribution in [3.63, 3.8) is 0 Å². The lowest BCUT2D eigenvalue weighted by atomic mass is 10.2. The normalized spacial score (nSPS) is 25.3. The number of thiazole rings is 1. The summed E-state index contributed by atoms with van der Waals surface area (Å²) in [6.45, 7) is 0.699. The highest BCUT2D eigenvalue weighted by Gasteiger charge is 2.26. The summed E-state index contributed by atoms with van der Waals surface area (Å²) >= 11 is 1.59. The Bertz CT molecular complexity index is 330. The molecule has 2 heterocycles. The van der Waals surface area contributed by atoms with Gasteiger partial charge in [0, 0.05) is 30.6 Å². The molecule has 0 amide bonds. The first-order chi connectivity index (χ1) is 7.24. The van der Waals surface area contributed by atoms with Gasteiger partial charge in [-0.25, -0.2) is 15.1 Å². The van der Waals surface area contributed by atoms with Gasteiger partial charge in [-0.1, -0.05) is 0 Å². The van der Waals surface area contributed by atoms with Crippen LogP contribution in [0.3, 0.4) is 0 Å². The van der Waals surface area contributed by atoms with Crippen LogP contribution in [0.5, 0.6) is 0 Å². The molecular formula is C7H11N5O2S. The second-order valence-corrected chi connectivity index (χ2v) is 4.20. The van der Waals surface area contributed by atoms with Gasteiger partial charge < -0.3 is 0 Å². The van der Waals surface area contributed by atoms with E-state index in [1.165, 1.54) is 0 Å². The molecule has 2 atom stereocenters. The summed E-state index contributed by atoms with van der Waals surface area (Å²) < 4.78 is 0. The smallest absolute Gasteiger partial charge is 0.190 e. The van der Waals surface area contributed by atoms with E-state index in [9.17, 15) is 10.1 Å². The third-order valence-electron chi connectivity index (χ3n) is 2.11. The molecule has 2 rings (SSSR count). The van der Waals surface area contributed by atoms with E-state index >= 15 is 0 Å². The molecule has 1 fully saturated rings. The molecule has 1 aromatic heterocycles.